The van der Waals surface area contributed by atoms with Crippen LogP contribution in [0.2, 0.25) is 0 Å². The highest BCUT2D eigenvalue weighted by Crippen LogP contribution is 2.28. The molecule has 0 aliphatic carbocycles. The number of hydrogen-bond acceptors (Lipinski definition) is 1. The van der Waals surface area contributed by atoms with Crippen LogP contribution < -0.4 is 0 Å². The molecule has 0 aromatic rings. The molecule has 0 fully saturated rings. The van der Waals surface area contributed by atoms with Crippen molar-refractivity contribution in [1.29, 1.82) is 0 Å². The van der Waals surface area contributed by atoms with Crippen molar-refractivity contribution in [2.45, 2.75) is 39.4 Å². The molecule has 0 aromatic heterocycles. The number of hydrogen-bond donors (Lipinski definition) is 0. The zero-order chi connectivity index (χ0) is 9.78. The van der Waals surface area contributed by atoms with Crippen LogP contribution >= 0.6 is 27.7 Å². The monoisotopic (exact) mass is 252 g/mol. The molecule has 0 aliphatic heterocycles. The molecule has 0 saturated carbocycles. The largest absolute Gasteiger partial charge is 0.156 e. The fraction of sp³-hybridized carbons (Fsp3) is 1.00. The van der Waals surface area contributed by atoms with E-state index >= 15 is 0 Å². The zero-order valence-corrected chi connectivity index (χ0v) is 11.3. The molecule has 0 radical (unpaired) electrons. The van der Waals surface area contributed by atoms with E-state index in [1.54, 1.807) is 0 Å². The first-order valence-electron chi connectivity index (χ1n) is 4.56. The molecule has 0 rings (SSSR count). The summed E-state index contributed by atoms with van der Waals surface area (Å²) in [7, 11) is 0. The van der Waals surface area contributed by atoms with Gasteiger partial charge in [-0.2, -0.15) is 11.8 Å². The van der Waals surface area contributed by atoms with Gasteiger partial charge in [-0.3, -0.25) is 0 Å². The van der Waals surface area contributed by atoms with Gasteiger partial charge in [-0.1, -0.05) is 50.5 Å². The molecule has 74 valence electrons. The Labute approximate surface area is 90.0 Å². The van der Waals surface area contributed by atoms with Crippen LogP contribution in [0.25, 0.3) is 0 Å². The summed E-state index contributed by atoms with van der Waals surface area (Å²) in [6.45, 7) is 11.4. The minimum absolute atomic E-state index is 0.412. The maximum Gasteiger partial charge on any atom is 0.00752 e. The molecule has 0 nitrogen and oxygen atoms in total. The van der Waals surface area contributed by atoms with Gasteiger partial charge in [-0.15, -0.1) is 0 Å². The minimum Gasteiger partial charge on any atom is -0.156 e. The summed E-state index contributed by atoms with van der Waals surface area (Å²) in [4.78, 5) is 0. The van der Waals surface area contributed by atoms with Crippen LogP contribution in [0.1, 0.15) is 34.6 Å². The number of rotatable bonds is 4. The van der Waals surface area contributed by atoms with E-state index in [2.05, 4.69) is 62.3 Å². The molecule has 0 amide bonds. The Balaban J connectivity index is 3.73. The van der Waals surface area contributed by atoms with Crippen LogP contribution in [0.15, 0.2) is 0 Å². The Morgan fingerprint density at radius 1 is 1.25 bits per heavy atom. The summed E-state index contributed by atoms with van der Waals surface area (Å²) in [6.07, 6.45) is 0. The molecular formula is C10H21BrS. The molecule has 1 atom stereocenters. The molecule has 12 heavy (non-hydrogen) atoms. The normalized spacial score (nSPS) is 15.2. The third-order valence-electron chi connectivity index (χ3n) is 1.87. The summed E-state index contributed by atoms with van der Waals surface area (Å²) < 4.78 is 0.412. The van der Waals surface area contributed by atoms with Crippen molar-refractivity contribution < 1.29 is 0 Å². The van der Waals surface area contributed by atoms with Gasteiger partial charge in [0, 0.05) is 10.1 Å². The molecule has 0 saturated heterocycles. The van der Waals surface area contributed by atoms with Gasteiger partial charge in [0.15, 0.2) is 0 Å². The zero-order valence-electron chi connectivity index (χ0n) is 8.86. The molecule has 0 heterocycles. The Kier molecular flexibility index (Phi) is 5.92. The van der Waals surface area contributed by atoms with Gasteiger partial charge in [0.2, 0.25) is 0 Å². The SMILES string of the molecule is CC(C)C(CBr)CSC(C)(C)C. The van der Waals surface area contributed by atoms with Gasteiger partial charge in [-0.05, 0) is 17.6 Å². The van der Waals surface area contributed by atoms with Crippen LogP contribution in [0.5, 0.6) is 0 Å². The summed E-state index contributed by atoms with van der Waals surface area (Å²) in [5, 5.41) is 1.13. The number of thioether (sulfide) groups is 1. The average molecular weight is 253 g/mol. The van der Waals surface area contributed by atoms with Crippen LogP contribution in [0, 0.1) is 11.8 Å². The lowest BCUT2D eigenvalue weighted by atomic mass is 10.0. The molecule has 1 unspecified atom stereocenters. The van der Waals surface area contributed by atoms with Gasteiger partial charge in [0.25, 0.3) is 0 Å². The van der Waals surface area contributed by atoms with Crippen molar-refractivity contribution in [3.8, 4) is 0 Å². The highest BCUT2D eigenvalue weighted by Gasteiger charge is 2.17. The van der Waals surface area contributed by atoms with E-state index in [1.807, 2.05) is 0 Å². The number of halogens is 1. The first kappa shape index (κ1) is 12.8. The Morgan fingerprint density at radius 3 is 2.00 bits per heavy atom. The first-order valence-corrected chi connectivity index (χ1v) is 6.67. The second kappa shape index (κ2) is 5.54. The highest BCUT2D eigenvalue weighted by atomic mass is 79.9. The lowest BCUT2D eigenvalue weighted by Gasteiger charge is -2.23. The first-order chi connectivity index (χ1) is 5.37. The van der Waals surface area contributed by atoms with E-state index in [4.69, 9.17) is 0 Å². The molecule has 0 bridgehead atoms. The van der Waals surface area contributed by atoms with Crippen LogP contribution in [-0.4, -0.2) is 15.8 Å². The van der Waals surface area contributed by atoms with Crippen LogP contribution in [-0.2, 0) is 0 Å². The third-order valence-corrected chi connectivity index (χ3v) is 4.16. The Bertz CT molecular complexity index is 115. The predicted molar refractivity (Wildman–Crippen MR) is 64.3 cm³/mol. The van der Waals surface area contributed by atoms with Gasteiger partial charge in [0.1, 0.15) is 0 Å². The van der Waals surface area contributed by atoms with E-state index in [0.29, 0.717) is 4.75 Å². The van der Waals surface area contributed by atoms with Crippen molar-refractivity contribution in [1.82, 2.24) is 0 Å². The van der Waals surface area contributed by atoms with Gasteiger partial charge in [-0.25, -0.2) is 0 Å². The van der Waals surface area contributed by atoms with Crippen molar-refractivity contribution in [3.63, 3.8) is 0 Å². The van der Waals surface area contributed by atoms with E-state index in [9.17, 15) is 0 Å². The lowest BCUT2D eigenvalue weighted by Crippen LogP contribution is -2.18. The predicted octanol–water partition coefficient (Wildman–Crippen LogP) is 4.19. The van der Waals surface area contributed by atoms with Gasteiger partial charge < -0.3 is 0 Å². The second-order valence-corrected chi connectivity index (χ2v) is 7.08. The summed E-state index contributed by atoms with van der Waals surface area (Å²) in [6, 6.07) is 0. The summed E-state index contributed by atoms with van der Waals surface area (Å²) >= 11 is 5.64. The maximum absolute atomic E-state index is 3.57. The van der Waals surface area contributed by atoms with E-state index in [1.165, 1.54) is 5.75 Å². The van der Waals surface area contributed by atoms with Crippen molar-refractivity contribution in [2.24, 2.45) is 11.8 Å². The topological polar surface area (TPSA) is 0 Å². The Hall–Kier alpha value is 0.830. The van der Waals surface area contributed by atoms with Crippen LogP contribution in [0.3, 0.4) is 0 Å². The average Bonchev–Trinajstić information content (AvgIpc) is 1.85. The van der Waals surface area contributed by atoms with E-state index in [-0.39, 0.29) is 0 Å². The Morgan fingerprint density at radius 2 is 1.75 bits per heavy atom. The standard InChI is InChI=1S/C10H21BrS/c1-8(2)9(6-11)7-12-10(3,4)5/h8-9H,6-7H2,1-5H3. The molecule has 0 aromatic carbocycles. The summed E-state index contributed by atoms with van der Waals surface area (Å²) in [5.41, 5.74) is 0. The molecule has 0 spiro atoms. The second-order valence-electron chi connectivity index (χ2n) is 4.58. The minimum atomic E-state index is 0.412. The summed E-state index contributed by atoms with van der Waals surface area (Å²) in [5.74, 6) is 2.88. The molecule has 0 N–H and O–H groups in total. The van der Waals surface area contributed by atoms with Crippen LogP contribution in [0.4, 0.5) is 0 Å². The van der Waals surface area contributed by atoms with E-state index in [0.717, 1.165) is 17.2 Å². The van der Waals surface area contributed by atoms with Gasteiger partial charge >= 0.3 is 0 Å². The molecular weight excluding hydrogens is 232 g/mol. The van der Waals surface area contributed by atoms with Gasteiger partial charge in [0.05, 0.1) is 0 Å². The fourth-order valence-electron chi connectivity index (χ4n) is 0.772. The van der Waals surface area contributed by atoms with Crippen molar-refractivity contribution in [2.75, 3.05) is 11.1 Å². The smallest absolute Gasteiger partial charge is 0.00752 e. The molecule has 2 heteroatoms. The van der Waals surface area contributed by atoms with Crippen molar-refractivity contribution >= 4 is 27.7 Å². The lowest BCUT2D eigenvalue weighted by molar-refractivity contribution is 0.473. The highest BCUT2D eigenvalue weighted by molar-refractivity contribution is 9.09. The van der Waals surface area contributed by atoms with Crippen molar-refractivity contribution in [3.05, 3.63) is 0 Å². The third kappa shape index (κ3) is 6.36. The maximum atomic E-state index is 3.57. The fourth-order valence-corrected chi connectivity index (χ4v) is 3.27. The molecule has 0 aliphatic rings. The van der Waals surface area contributed by atoms with E-state index < -0.39 is 0 Å². The number of alkyl halides is 1. The quantitative estimate of drug-likeness (QED) is 0.677.